The highest BCUT2D eigenvalue weighted by atomic mass is 32.2. The molecule has 0 spiro atoms. The molecule has 6 atom stereocenters. The number of carbonyl (C=O) groups is 9. The van der Waals surface area contributed by atoms with Crippen LogP contribution in [0.4, 0.5) is 19.2 Å². The van der Waals surface area contributed by atoms with E-state index in [0.29, 0.717) is 69.2 Å². The van der Waals surface area contributed by atoms with Gasteiger partial charge in [0.05, 0.1) is 26.8 Å². The number of imide groups is 1. The average Bonchev–Trinajstić information content (AvgIpc) is 1.77. The molecule has 0 bridgehead atoms. The average molecular weight is 1500 g/mol. The van der Waals surface area contributed by atoms with E-state index in [2.05, 4.69) is 67.6 Å². The SMILES string of the molecule is CC(C)(C)OC(=O)NCCCC[C@H](NC(=O)OC(C)(C)C)C(=O)ON1C(=O)CCC1=O.CS(=O)(=O)[O-].CS(=O)(=O)[O-].C[C@@H](Cc1ccccc1)NC(=O)[C@@H]([NH3+])CCCC[NH3+].C[C@@H](Cc1ccccc1)NC(=O)[C@H](CCCCNC(=O)OC(C)(C)C)NC(=O)OC(C)(C)C.C[C@H](N)Cc1ccccc1. The monoisotopic (exact) mass is 1500 g/mol. The summed E-state index contributed by atoms with van der Waals surface area (Å²) in [5.74, 6) is -2.38. The summed E-state index contributed by atoms with van der Waals surface area (Å²) in [6, 6.07) is 28.7. The number of nitrogens with zero attached hydrogens (tertiary/aromatic N) is 1. The molecule has 0 radical (unpaired) electrons. The number of rotatable bonds is 28. The molecule has 103 heavy (non-hydrogen) atoms. The standard InChI is InChI=1S/C25H41N3O5.C20H33N3O8.C15H25N3O.C9H13N.2CH4O3S/c1-18(17-19-13-9-8-10-14-19)27-21(29)20(28-23(31)33-25(5,6)7)15-11-12-16-26-22(30)32-24(2,3)4;1-19(2,3)29-17(27)21-12-8-7-9-13(22-18(28)30-20(4,5)6)16(26)31-23-14(24)10-11-15(23)25;1-12(11-13-7-3-2-4-8-13)18-15(19)14(17)9-5-6-10-16;1-8(10)7-9-5-3-2-4-6-9;2*1-5(2,3)4/h8-10,13-14,18,20H,11-12,15-17H2,1-7H3,(H,26,30)(H,27,29)(H,28,31);13H,7-12H2,1-6H3,(H,21,27)(H,22,28);2-4,7-8,12,14H,5-6,9-11,16-17H2,1H3,(H,18,19);2-6,8H,7,10H2,1H3;2*1H3,(H,2,3,4)/t18-,20-;13-;12-,14-;8-;;/m0000../s1. The van der Waals surface area contributed by atoms with Crippen LogP contribution in [-0.4, -0.2) is 176 Å². The molecule has 3 aromatic carbocycles. The highest BCUT2D eigenvalue weighted by Crippen LogP contribution is 2.17. The Morgan fingerprint density at radius 2 is 0.796 bits per heavy atom. The van der Waals surface area contributed by atoms with Gasteiger partial charge in [0, 0.05) is 63.0 Å². The van der Waals surface area contributed by atoms with E-state index in [4.69, 9.17) is 55.5 Å². The number of amides is 8. The van der Waals surface area contributed by atoms with Gasteiger partial charge in [-0.2, -0.15) is 0 Å². The van der Waals surface area contributed by atoms with Crippen molar-refractivity contribution in [3.63, 3.8) is 0 Å². The van der Waals surface area contributed by atoms with Crippen LogP contribution in [0.1, 0.15) is 191 Å². The largest absolute Gasteiger partial charge is 0.748 e. The molecule has 3 aromatic rings. The number of hydrogen-bond donors (Lipinski definition) is 9. The Morgan fingerprint density at radius 1 is 0.485 bits per heavy atom. The Kier molecular flexibility index (Phi) is 46.7. The Morgan fingerprint density at radius 3 is 1.14 bits per heavy atom. The predicted octanol–water partition coefficient (Wildman–Crippen LogP) is 6.16. The Bertz CT molecular complexity index is 3150. The first kappa shape index (κ1) is 97.0. The summed E-state index contributed by atoms with van der Waals surface area (Å²) < 4.78 is 75.3. The van der Waals surface area contributed by atoms with E-state index < -0.39 is 96.9 Å². The third-order valence-corrected chi connectivity index (χ3v) is 12.7. The van der Waals surface area contributed by atoms with Gasteiger partial charge in [0.25, 0.3) is 17.7 Å². The van der Waals surface area contributed by atoms with Crippen molar-refractivity contribution in [1.82, 2.24) is 37.0 Å². The Balaban J connectivity index is 0. The number of nitrogens with two attached hydrogens (primary N) is 1. The van der Waals surface area contributed by atoms with Crippen molar-refractivity contribution in [2.45, 2.75) is 252 Å². The lowest BCUT2D eigenvalue weighted by Crippen LogP contribution is -2.68. The lowest BCUT2D eigenvalue weighted by Gasteiger charge is -2.24. The molecule has 1 aliphatic heterocycles. The zero-order valence-electron chi connectivity index (χ0n) is 63.6. The van der Waals surface area contributed by atoms with Gasteiger partial charge in [0.1, 0.15) is 34.5 Å². The number of hydrogen-bond acceptors (Lipinski definition) is 21. The minimum atomic E-state index is -3.92. The van der Waals surface area contributed by atoms with Gasteiger partial charge in [-0.15, -0.1) is 5.06 Å². The molecule has 0 aromatic heterocycles. The maximum Gasteiger partial charge on any atom is 0.408 e. The molecule has 1 fully saturated rings. The van der Waals surface area contributed by atoms with Gasteiger partial charge >= 0.3 is 30.3 Å². The fourth-order valence-electron chi connectivity index (χ4n) is 8.61. The van der Waals surface area contributed by atoms with Crippen molar-refractivity contribution < 1.29 is 104 Å². The lowest BCUT2D eigenvalue weighted by atomic mass is 10.1. The van der Waals surface area contributed by atoms with E-state index in [-0.39, 0.29) is 55.2 Å². The van der Waals surface area contributed by atoms with Crippen molar-refractivity contribution in [2.75, 3.05) is 32.1 Å². The van der Waals surface area contributed by atoms with Crippen molar-refractivity contribution >= 4 is 74.2 Å². The van der Waals surface area contributed by atoms with E-state index >= 15 is 0 Å². The topological polar surface area (TPSA) is 471 Å². The van der Waals surface area contributed by atoms with Crippen LogP contribution in [0.15, 0.2) is 91.0 Å². The smallest absolute Gasteiger partial charge is 0.408 e. The number of quaternary nitrogens is 2. The number of ether oxygens (including phenoxy) is 4. The number of alkyl carbamates (subject to hydrolysis) is 4. The van der Waals surface area contributed by atoms with Crippen molar-refractivity contribution in [3.05, 3.63) is 108 Å². The van der Waals surface area contributed by atoms with Gasteiger partial charge < -0.3 is 82.0 Å². The van der Waals surface area contributed by atoms with Gasteiger partial charge in [-0.05, 0) is 191 Å². The fraction of sp³-hybridized carbons (Fsp3) is 0.620. The molecule has 0 unspecified atom stereocenters. The van der Waals surface area contributed by atoms with Crippen LogP contribution in [0.25, 0.3) is 0 Å². The van der Waals surface area contributed by atoms with Crippen LogP contribution in [0.5, 0.6) is 0 Å². The second-order valence-electron chi connectivity index (χ2n) is 28.6. The Hall–Kier alpha value is -8.01. The highest BCUT2D eigenvalue weighted by molar-refractivity contribution is 7.85. The third kappa shape index (κ3) is 61.2. The van der Waals surface area contributed by atoms with Gasteiger partial charge in [0.2, 0.25) is 5.91 Å². The number of carbonyl (C=O) groups excluding carboxylic acids is 9. The molecule has 586 valence electrons. The van der Waals surface area contributed by atoms with Gasteiger partial charge in [-0.25, -0.2) is 40.8 Å². The van der Waals surface area contributed by atoms with Crippen molar-refractivity contribution in [2.24, 2.45) is 5.73 Å². The van der Waals surface area contributed by atoms with Crippen molar-refractivity contribution in [1.29, 1.82) is 0 Å². The van der Waals surface area contributed by atoms with Crippen LogP contribution in [-0.2, 0) is 87.3 Å². The molecule has 14 N–H and O–H groups in total. The molecule has 1 heterocycles. The maximum absolute atomic E-state index is 12.9. The van der Waals surface area contributed by atoms with Crippen LogP contribution in [0.2, 0.25) is 0 Å². The molecule has 32 heteroatoms. The first-order valence-corrected chi connectivity index (χ1v) is 37.9. The zero-order valence-corrected chi connectivity index (χ0v) is 65.2. The van der Waals surface area contributed by atoms with Crippen LogP contribution in [0, 0.1) is 0 Å². The van der Waals surface area contributed by atoms with E-state index in [9.17, 15) is 43.2 Å². The summed E-state index contributed by atoms with van der Waals surface area (Å²) >= 11 is 0. The summed E-state index contributed by atoms with van der Waals surface area (Å²) in [6.45, 7) is 28.6. The zero-order chi connectivity index (χ0) is 79.4. The van der Waals surface area contributed by atoms with Crippen molar-refractivity contribution in [3.8, 4) is 0 Å². The number of hydroxylamine groups is 2. The molecule has 0 aliphatic carbocycles. The van der Waals surface area contributed by atoms with Crippen LogP contribution in [0.3, 0.4) is 0 Å². The molecule has 8 amide bonds. The number of benzene rings is 3. The van der Waals surface area contributed by atoms with Crippen LogP contribution < -0.4 is 49.1 Å². The van der Waals surface area contributed by atoms with Gasteiger partial charge in [-0.3, -0.25) is 19.2 Å². The molecule has 1 saturated heterocycles. The maximum atomic E-state index is 12.9. The summed E-state index contributed by atoms with van der Waals surface area (Å²) in [4.78, 5) is 113. The quantitative estimate of drug-likeness (QED) is 0.0170. The predicted molar refractivity (Wildman–Crippen MR) is 388 cm³/mol. The molecular weight excluding hydrogens is 1380 g/mol. The van der Waals surface area contributed by atoms with Gasteiger partial charge in [-0.1, -0.05) is 91.0 Å². The molecule has 30 nitrogen and oxygen atoms in total. The van der Waals surface area contributed by atoms with E-state index in [1.54, 1.807) is 83.1 Å². The minimum absolute atomic E-state index is 0.0351. The van der Waals surface area contributed by atoms with E-state index in [0.717, 1.165) is 44.2 Å². The number of unbranched alkanes of at least 4 members (excludes halogenated alkanes) is 3. The highest BCUT2D eigenvalue weighted by Gasteiger charge is 2.36. The van der Waals surface area contributed by atoms with E-state index in [1.807, 2.05) is 87.5 Å². The van der Waals surface area contributed by atoms with E-state index in [1.165, 1.54) is 11.1 Å². The van der Waals surface area contributed by atoms with Crippen LogP contribution >= 0.6 is 0 Å². The first-order chi connectivity index (χ1) is 47.3. The first-order valence-electron chi connectivity index (χ1n) is 34.3. The second kappa shape index (κ2) is 49.6. The summed E-state index contributed by atoms with van der Waals surface area (Å²) in [5, 5.41) is 16.8. The summed E-state index contributed by atoms with van der Waals surface area (Å²) in [6.07, 6.45) is 6.83. The molecule has 4 rings (SSSR count). The molecular formula is C71H120N10O20S2. The molecule has 0 saturated carbocycles. The summed E-state index contributed by atoms with van der Waals surface area (Å²) in [7, 11) is -7.83. The third-order valence-electron chi connectivity index (χ3n) is 12.7. The second-order valence-corrected chi connectivity index (χ2v) is 31.4. The minimum Gasteiger partial charge on any atom is -0.748 e. The van der Waals surface area contributed by atoms with Gasteiger partial charge in [0.15, 0.2) is 6.04 Å². The number of nitrogens with one attached hydrogen (secondary N) is 6. The fourth-order valence-corrected chi connectivity index (χ4v) is 8.61. The summed E-state index contributed by atoms with van der Waals surface area (Å²) in [5.41, 5.74) is 14.4. The molecule has 1 aliphatic rings. The Labute approximate surface area is 610 Å². The lowest BCUT2D eigenvalue weighted by molar-refractivity contribution is -0.406. The normalized spacial score (nSPS) is 13.9.